The molecule has 0 fully saturated rings. The van der Waals surface area contributed by atoms with E-state index in [1.54, 1.807) is 25.2 Å². The minimum atomic E-state index is 0.105. The van der Waals surface area contributed by atoms with E-state index in [2.05, 4.69) is 15.5 Å². The first kappa shape index (κ1) is 12.3. The summed E-state index contributed by atoms with van der Waals surface area (Å²) >= 11 is 0. The van der Waals surface area contributed by atoms with Crippen molar-refractivity contribution >= 4 is 22.5 Å². The molecule has 1 amide bonds. The molecule has 0 atom stereocenters. The zero-order chi connectivity index (χ0) is 13.0. The molecule has 0 radical (unpaired) electrons. The Kier molecular flexibility index (Phi) is 3.72. The summed E-state index contributed by atoms with van der Waals surface area (Å²) in [4.78, 5) is 13.0. The number of nitrogens with zero attached hydrogens (tertiary/aromatic N) is 3. The maximum Gasteiger partial charge on any atom is 0.223 e. The van der Waals surface area contributed by atoms with Crippen molar-refractivity contribution < 1.29 is 4.79 Å². The fraction of sp³-hybridized carbons (Fsp3) is 0.308. The van der Waals surface area contributed by atoms with Crippen LogP contribution in [0.15, 0.2) is 30.5 Å². The van der Waals surface area contributed by atoms with Crippen LogP contribution in [0.3, 0.4) is 0 Å². The van der Waals surface area contributed by atoms with Gasteiger partial charge in [-0.3, -0.25) is 4.79 Å². The lowest BCUT2D eigenvalue weighted by atomic mass is 10.2. The van der Waals surface area contributed by atoms with Gasteiger partial charge in [0.15, 0.2) is 0 Å². The summed E-state index contributed by atoms with van der Waals surface area (Å²) in [5.74, 6) is 0.105. The molecule has 5 nitrogen and oxygen atoms in total. The average Bonchev–Trinajstić information content (AvgIpc) is 2.38. The molecule has 1 N–H and O–H groups in total. The van der Waals surface area contributed by atoms with Gasteiger partial charge in [-0.25, -0.2) is 0 Å². The van der Waals surface area contributed by atoms with Crippen LogP contribution in [-0.2, 0) is 4.79 Å². The van der Waals surface area contributed by atoms with Crippen LogP contribution in [0.1, 0.15) is 6.42 Å². The van der Waals surface area contributed by atoms with Crippen molar-refractivity contribution in [1.29, 1.82) is 0 Å². The Morgan fingerprint density at radius 2 is 2.11 bits per heavy atom. The molecule has 0 bridgehead atoms. The molecule has 94 valence electrons. The second-order valence-electron chi connectivity index (χ2n) is 4.24. The summed E-state index contributed by atoms with van der Waals surface area (Å²) in [7, 11) is 3.51. The zero-order valence-electron chi connectivity index (χ0n) is 10.6. The van der Waals surface area contributed by atoms with E-state index < -0.39 is 0 Å². The van der Waals surface area contributed by atoms with Gasteiger partial charge in [0.1, 0.15) is 0 Å². The first-order valence-corrected chi connectivity index (χ1v) is 5.83. The standard InChI is InChI=1S/C13H16N4O/c1-17(2)13(18)7-8-14-12-9-15-16-11-6-4-3-5-10(11)12/h3-6,9H,7-8H2,1-2H3,(H,14,16). The van der Waals surface area contributed by atoms with E-state index in [4.69, 9.17) is 0 Å². The van der Waals surface area contributed by atoms with Crippen molar-refractivity contribution in [2.75, 3.05) is 26.0 Å². The minimum Gasteiger partial charge on any atom is -0.383 e. The second kappa shape index (κ2) is 5.44. The number of carbonyl (C=O) groups excluding carboxylic acids is 1. The Morgan fingerprint density at radius 3 is 2.89 bits per heavy atom. The van der Waals surface area contributed by atoms with E-state index in [1.807, 2.05) is 24.3 Å². The van der Waals surface area contributed by atoms with Crippen molar-refractivity contribution in [2.24, 2.45) is 0 Å². The van der Waals surface area contributed by atoms with Gasteiger partial charge < -0.3 is 10.2 Å². The lowest BCUT2D eigenvalue weighted by Gasteiger charge is -2.11. The lowest BCUT2D eigenvalue weighted by Crippen LogP contribution is -2.23. The first-order chi connectivity index (χ1) is 8.68. The molecule has 5 heteroatoms. The van der Waals surface area contributed by atoms with E-state index in [1.165, 1.54) is 0 Å². The summed E-state index contributed by atoms with van der Waals surface area (Å²) in [6.07, 6.45) is 2.14. The highest BCUT2D eigenvalue weighted by Gasteiger charge is 2.05. The van der Waals surface area contributed by atoms with Crippen molar-refractivity contribution in [1.82, 2.24) is 15.1 Å². The molecule has 0 aliphatic rings. The molecule has 0 saturated heterocycles. The van der Waals surface area contributed by atoms with Crippen molar-refractivity contribution in [2.45, 2.75) is 6.42 Å². The van der Waals surface area contributed by atoms with Gasteiger partial charge in [0.25, 0.3) is 0 Å². The molecule has 0 spiro atoms. The lowest BCUT2D eigenvalue weighted by molar-refractivity contribution is -0.128. The molecule has 2 rings (SSSR count). The second-order valence-corrected chi connectivity index (χ2v) is 4.24. The van der Waals surface area contributed by atoms with Crippen LogP contribution in [0.2, 0.25) is 0 Å². The topological polar surface area (TPSA) is 58.1 Å². The Bertz CT molecular complexity index is 548. The molecule has 1 heterocycles. The van der Waals surface area contributed by atoms with Gasteiger partial charge in [-0.1, -0.05) is 18.2 Å². The van der Waals surface area contributed by atoms with Gasteiger partial charge in [-0.15, -0.1) is 0 Å². The number of hydrogen-bond acceptors (Lipinski definition) is 4. The molecular formula is C13H16N4O. The van der Waals surface area contributed by atoms with E-state index in [0.29, 0.717) is 13.0 Å². The van der Waals surface area contributed by atoms with Crippen LogP contribution in [-0.4, -0.2) is 41.6 Å². The molecular weight excluding hydrogens is 228 g/mol. The third-order valence-electron chi connectivity index (χ3n) is 2.70. The van der Waals surface area contributed by atoms with E-state index in [9.17, 15) is 4.79 Å². The Balaban J connectivity index is 2.06. The van der Waals surface area contributed by atoms with Gasteiger partial charge >= 0.3 is 0 Å². The Labute approximate surface area is 106 Å². The Hall–Kier alpha value is -2.17. The van der Waals surface area contributed by atoms with Gasteiger partial charge in [-0.05, 0) is 6.07 Å². The highest BCUT2D eigenvalue weighted by atomic mass is 16.2. The molecule has 1 aromatic carbocycles. The van der Waals surface area contributed by atoms with Gasteiger partial charge in [-0.2, -0.15) is 10.2 Å². The summed E-state index contributed by atoms with van der Waals surface area (Å²) in [6.45, 7) is 0.590. The molecule has 18 heavy (non-hydrogen) atoms. The van der Waals surface area contributed by atoms with Crippen LogP contribution < -0.4 is 5.32 Å². The normalized spacial score (nSPS) is 10.3. The number of nitrogens with one attached hydrogen (secondary N) is 1. The number of benzene rings is 1. The van der Waals surface area contributed by atoms with Crippen molar-refractivity contribution in [3.63, 3.8) is 0 Å². The molecule has 0 aliphatic heterocycles. The van der Waals surface area contributed by atoms with Crippen LogP contribution in [0.4, 0.5) is 5.69 Å². The van der Waals surface area contributed by atoms with Crippen LogP contribution in [0.25, 0.3) is 10.9 Å². The molecule has 2 aromatic rings. The molecule has 0 aliphatic carbocycles. The van der Waals surface area contributed by atoms with Gasteiger partial charge in [0.05, 0.1) is 17.4 Å². The number of hydrogen-bond donors (Lipinski definition) is 1. The van der Waals surface area contributed by atoms with E-state index >= 15 is 0 Å². The van der Waals surface area contributed by atoms with Crippen LogP contribution in [0, 0.1) is 0 Å². The maximum absolute atomic E-state index is 11.5. The SMILES string of the molecule is CN(C)C(=O)CCNc1cnnc2ccccc12. The third kappa shape index (κ3) is 2.74. The molecule has 0 saturated carbocycles. The average molecular weight is 244 g/mol. The monoisotopic (exact) mass is 244 g/mol. The number of rotatable bonds is 4. The first-order valence-electron chi connectivity index (χ1n) is 5.83. The number of carbonyl (C=O) groups is 1. The van der Waals surface area contributed by atoms with Crippen molar-refractivity contribution in [3.05, 3.63) is 30.5 Å². The summed E-state index contributed by atoms with van der Waals surface area (Å²) < 4.78 is 0. The molecule has 1 aromatic heterocycles. The van der Waals surface area contributed by atoms with Crippen LogP contribution in [0.5, 0.6) is 0 Å². The quantitative estimate of drug-likeness (QED) is 0.886. The minimum absolute atomic E-state index is 0.105. The highest BCUT2D eigenvalue weighted by Crippen LogP contribution is 2.19. The van der Waals surface area contributed by atoms with E-state index in [0.717, 1.165) is 16.6 Å². The van der Waals surface area contributed by atoms with E-state index in [-0.39, 0.29) is 5.91 Å². The molecule has 0 unspecified atom stereocenters. The number of anilines is 1. The van der Waals surface area contributed by atoms with Crippen molar-refractivity contribution in [3.8, 4) is 0 Å². The van der Waals surface area contributed by atoms with Gasteiger partial charge in [0.2, 0.25) is 5.91 Å². The smallest absolute Gasteiger partial charge is 0.223 e. The maximum atomic E-state index is 11.5. The predicted molar refractivity (Wildman–Crippen MR) is 71.3 cm³/mol. The summed E-state index contributed by atoms with van der Waals surface area (Å²) in [6, 6.07) is 7.79. The predicted octanol–water partition coefficient (Wildman–Crippen LogP) is 1.52. The highest BCUT2D eigenvalue weighted by molar-refractivity contribution is 5.90. The number of fused-ring (bicyclic) bond motifs is 1. The largest absolute Gasteiger partial charge is 0.383 e. The third-order valence-corrected chi connectivity index (χ3v) is 2.70. The van der Waals surface area contributed by atoms with Gasteiger partial charge in [0, 0.05) is 32.4 Å². The fourth-order valence-electron chi connectivity index (χ4n) is 1.68. The Morgan fingerprint density at radius 1 is 1.33 bits per heavy atom. The summed E-state index contributed by atoms with van der Waals surface area (Å²) in [5, 5.41) is 12.2. The fourth-order valence-corrected chi connectivity index (χ4v) is 1.68. The summed E-state index contributed by atoms with van der Waals surface area (Å²) in [5.41, 5.74) is 1.76. The number of amides is 1. The number of aromatic nitrogens is 2. The zero-order valence-corrected chi connectivity index (χ0v) is 10.6. The van der Waals surface area contributed by atoms with Crippen LogP contribution >= 0.6 is 0 Å².